The van der Waals surface area contributed by atoms with Crippen molar-refractivity contribution < 1.29 is 16.4 Å². The maximum absolute atomic E-state index is 8.44. The molecule has 0 amide bonds. The zero-order chi connectivity index (χ0) is 6.28. The summed E-state index contributed by atoms with van der Waals surface area (Å²) in [5.41, 5.74) is 0. The second-order valence-electron chi connectivity index (χ2n) is 0.490. The highest BCUT2D eigenvalue weighted by atomic mass is 16.6. The van der Waals surface area contributed by atoms with Crippen LogP contribution < -0.4 is 11.3 Å². The van der Waals surface area contributed by atoms with Gasteiger partial charge in [-0.3, -0.25) is 0 Å². The first-order chi connectivity index (χ1) is 3.15. The lowest BCUT2D eigenvalue weighted by Gasteiger charge is -1.74. The monoisotopic (exact) mass is 120 g/mol. The van der Waals surface area contributed by atoms with Crippen LogP contribution in [0.5, 0.6) is 0 Å². The summed E-state index contributed by atoms with van der Waals surface area (Å²) >= 11 is 0. The molecule has 0 aliphatic carbocycles. The van der Waals surface area contributed by atoms with Gasteiger partial charge in [-0.2, -0.15) is 5.26 Å². The van der Waals surface area contributed by atoms with Gasteiger partial charge in [0, 0.05) is 6.92 Å². The summed E-state index contributed by atoms with van der Waals surface area (Å²) in [5, 5.41) is 22.6. The van der Waals surface area contributed by atoms with E-state index < -0.39 is 6.16 Å². The molecule has 0 bridgehead atoms. The molecule has 0 fully saturated rings. The molecular weight excluding hydrogens is 112 g/mol. The third kappa shape index (κ3) is 39.9. The number of carboxylic acid groups (broad SMARTS) is 2. The van der Waals surface area contributed by atoms with E-state index in [1.54, 1.807) is 6.07 Å². The Morgan fingerprint density at radius 2 is 2.00 bits per heavy atom. The van der Waals surface area contributed by atoms with Gasteiger partial charge < -0.3 is 21.2 Å². The quantitative estimate of drug-likeness (QED) is 0.454. The van der Waals surface area contributed by atoms with Crippen LogP contribution in [0.4, 0.5) is 4.79 Å². The van der Waals surface area contributed by atoms with Gasteiger partial charge in [-0.05, 0) is 0 Å². The Morgan fingerprint density at radius 3 is 2.00 bits per heavy atom. The molecule has 0 rings (SSSR count). The van der Waals surface area contributed by atoms with Gasteiger partial charge in [0.05, 0.1) is 6.07 Å². The first-order valence-corrected chi connectivity index (χ1v) is 1.36. The molecule has 0 aliphatic rings. The predicted octanol–water partition coefficient (Wildman–Crippen LogP) is -0.308. The van der Waals surface area contributed by atoms with Gasteiger partial charge >= 0.3 is 1.43 Å². The Balaban J connectivity index is -0.0000000233. The molecule has 0 saturated carbocycles. The Hall–Kier alpha value is -1.28. The highest BCUT2D eigenvalue weighted by Gasteiger charge is 1.51. The van der Waals surface area contributed by atoms with Crippen LogP contribution in [-0.2, 0) is 0 Å². The Bertz CT molecular complexity index is 85.5. The molecule has 4 N–H and O–H groups in total. The fourth-order valence-electron chi connectivity index (χ4n) is 0. The molecule has 0 aromatic carbocycles. The van der Waals surface area contributed by atoms with Gasteiger partial charge in [-0.15, -0.1) is 0 Å². The minimum Gasteiger partial charge on any atom is -0.565 e. The summed E-state index contributed by atoms with van der Waals surface area (Å²) < 4.78 is 0. The first kappa shape index (κ1) is 15.9. The van der Waals surface area contributed by atoms with Crippen LogP contribution in [0.15, 0.2) is 0 Å². The largest absolute Gasteiger partial charge is 1.00 e. The van der Waals surface area contributed by atoms with Crippen molar-refractivity contribution in [3.63, 3.8) is 0 Å². The molecule has 48 valence electrons. The summed E-state index contributed by atoms with van der Waals surface area (Å²) in [6.07, 6.45) is -2.08. The minimum absolute atomic E-state index is 0. The molecule has 5 nitrogen and oxygen atoms in total. The van der Waals surface area contributed by atoms with Crippen molar-refractivity contribution in [2.45, 2.75) is 6.92 Å². The molecule has 0 aliphatic heterocycles. The average Bonchev–Trinajstić information content (AvgIpc) is 1.33. The van der Waals surface area contributed by atoms with Crippen LogP contribution in [-0.4, -0.2) is 11.3 Å². The summed E-state index contributed by atoms with van der Waals surface area (Å²) in [6.45, 7) is 1.43. The van der Waals surface area contributed by atoms with Crippen molar-refractivity contribution in [3.05, 3.63) is 0 Å². The Morgan fingerprint density at radius 1 is 2.00 bits per heavy atom. The number of carbonyl (C=O) groups is 1. The summed E-state index contributed by atoms with van der Waals surface area (Å²) in [7, 11) is 0. The van der Waals surface area contributed by atoms with Crippen molar-refractivity contribution in [2.75, 3.05) is 0 Å². The van der Waals surface area contributed by atoms with Crippen LogP contribution in [0.1, 0.15) is 8.35 Å². The van der Waals surface area contributed by atoms with E-state index in [1.165, 1.54) is 6.92 Å². The number of rotatable bonds is 0. The molecule has 0 aromatic heterocycles. The van der Waals surface area contributed by atoms with Crippen molar-refractivity contribution in [2.24, 2.45) is 0 Å². The third-order valence-electron chi connectivity index (χ3n) is 0. The van der Waals surface area contributed by atoms with Crippen LogP contribution in [0, 0.1) is 11.3 Å². The summed E-state index contributed by atoms with van der Waals surface area (Å²) in [5.74, 6) is 0. The van der Waals surface area contributed by atoms with Crippen molar-refractivity contribution in [1.29, 1.82) is 5.26 Å². The molecule has 0 radical (unpaired) electrons. The number of hydrogen-bond acceptors (Lipinski definition) is 4. The second-order valence-corrected chi connectivity index (χ2v) is 0.490. The Kier molecular flexibility index (Phi) is 34.2. The topological polar surface area (TPSA) is 119 Å². The Labute approximate surface area is 48.2 Å². The lowest BCUT2D eigenvalue weighted by Crippen LogP contribution is -2.17. The summed E-state index contributed by atoms with van der Waals surface area (Å²) in [4.78, 5) is 8.44. The van der Waals surface area contributed by atoms with E-state index in [0.29, 0.717) is 0 Å². The van der Waals surface area contributed by atoms with E-state index in [4.69, 9.17) is 20.3 Å². The zero-order valence-corrected chi connectivity index (χ0v) is 4.42. The van der Waals surface area contributed by atoms with E-state index in [2.05, 4.69) is 0 Å². The van der Waals surface area contributed by atoms with Gasteiger partial charge in [0.15, 0.2) is 0 Å². The van der Waals surface area contributed by atoms with Gasteiger partial charge in [0.2, 0.25) is 6.16 Å². The second kappa shape index (κ2) is 17.2. The number of hydrogen-bond donors (Lipinski definition) is 2. The van der Waals surface area contributed by atoms with Gasteiger partial charge in [-0.25, -0.2) is 0 Å². The standard InChI is InChI=1S/C2H3N.CH2O3.H3N/c1-2-3;2-1(3)4;/h1H3;(H2,2,3,4);1H3. The lowest BCUT2D eigenvalue weighted by molar-refractivity contribution is -0.275. The van der Waals surface area contributed by atoms with E-state index in [9.17, 15) is 0 Å². The van der Waals surface area contributed by atoms with Crippen LogP contribution in [0.2, 0.25) is 0 Å². The van der Waals surface area contributed by atoms with Gasteiger partial charge in [0.25, 0.3) is 0 Å². The predicted molar refractivity (Wildman–Crippen MR) is 25.4 cm³/mol. The van der Waals surface area contributed by atoms with Crippen molar-refractivity contribution in [3.8, 4) is 6.07 Å². The molecule has 5 heteroatoms. The summed E-state index contributed by atoms with van der Waals surface area (Å²) in [6, 6.07) is 1.75. The molecular formula is C3H8N2O3. The molecule has 0 spiro atoms. The molecule has 0 atom stereocenters. The normalized spacial score (nSPS) is 4.00. The molecule has 0 aromatic rings. The SMILES string of the molecule is CC#N.N.O=C([O-])O.[H+]. The maximum atomic E-state index is 8.44. The highest BCUT2D eigenvalue weighted by molar-refractivity contribution is 5.50. The fraction of sp³-hybridized carbons (Fsp3) is 0.333. The molecule has 0 heterocycles. The van der Waals surface area contributed by atoms with E-state index in [1.807, 2.05) is 0 Å². The van der Waals surface area contributed by atoms with E-state index >= 15 is 0 Å². The van der Waals surface area contributed by atoms with Gasteiger partial charge in [-0.1, -0.05) is 0 Å². The molecule has 0 unspecified atom stereocenters. The molecule has 8 heavy (non-hydrogen) atoms. The van der Waals surface area contributed by atoms with Crippen molar-refractivity contribution >= 4 is 6.16 Å². The van der Waals surface area contributed by atoms with Crippen LogP contribution in [0.3, 0.4) is 0 Å². The van der Waals surface area contributed by atoms with E-state index in [-0.39, 0.29) is 7.58 Å². The zero-order valence-electron chi connectivity index (χ0n) is 5.42. The maximum Gasteiger partial charge on any atom is 1.00 e. The number of nitrogens with zero attached hydrogens (tertiary/aromatic N) is 1. The fourth-order valence-corrected chi connectivity index (χ4v) is 0. The minimum atomic E-state index is -2.08. The number of nitriles is 1. The smallest absolute Gasteiger partial charge is 0.565 e. The first-order valence-electron chi connectivity index (χ1n) is 1.36. The average molecular weight is 120 g/mol. The van der Waals surface area contributed by atoms with Gasteiger partial charge in [0.1, 0.15) is 0 Å². The van der Waals surface area contributed by atoms with Crippen LogP contribution >= 0.6 is 0 Å². The van der Waals surface area contributed by atoms with E-state index in [0.717, 1.165) is 0 Å². The van der Waals surface area contributed by atoms with Crippen molar-refractivity contribution in [1.82, 2.24) is 6.15 Å². The lowest BCUT2D eigenvalue weighted by atomic mass is 11.0. The highest BCUT2D eigenvalue weighted by Crippen LogP contribution is 1.32. The van der Waals surface area contributed by atoms with Crippen LogP contribution in [0.25, 0.3) is 0 Å². The third-order valence-corrected chi connectivity index (χ3v) is 0. The molecule has 0 saturated heterocycles.